The van der Waals surface area contributed by atoms with Gasteiger partial charge in [0.05, 0.1) is 23.1 Å². The van der Waals surface area contributed by atoms with E-state index in [1.165, 1.54) is 22.6 Å². The smallest absolute Gasteiger partial charge is 0.257 e. The van der Waals surface area contributed by atoms with Crippen molar-refractivity contribution in [1.82, 2.24) is 24.6 Å². The van der Waals surface area contributed by atoms with Crippen LogP contribution in [-0.2, 0) is 0 Å². The van der Waals surface area contributed by atoms with Gasteiger partial charge in [-0.15, -0.1) is 11.3 Å². The van der Waals surface area contributed by atoms with E-state index in [1.807, 2.05) is 10.7 Å². The van der Waals surface area contributed by atoms with Crippen molar-refractivity contribution in [2.45, 2.75) is 57.9 Å². The molecule has 30 heavy (non-hydrogen) atoms. The van der Waals surface area contributed by atoms with Gasteiger partial charge in [0.15, 0.2) is 0 Å². The highest BCUT2D eigenvalue weighted by molar-refractivity contribution is 7.12. The molecule has 6 rings (SSSR count). The number of likely N-dealkylation sites (tertiary alicyclic amines) is 1. The summed E-state index contributed by atoms with van der Waals surface area (Å²) in [5.41, 5.74) is 3.80. The fourth-order valence-corrected chi connectivity index (χ4v) is 6.18. The molecular weight excluding hydrogens is 394 g/mol. The van der Waals surface area contributed by atoms with Gasteiger partial charge in [-0.3, -0.25) is 4.79 Å². The van der Waals surface area contributed by atoms with Gasteiger partial charge in [0.25, 0.3) is 11.9 Å². The molecule has 1 saturated heterocycles. The number of aromatic nitrogens is 4. The Kier molecular flexibility index (Phi) is 4.10. The Hall–Kier alpha value is -2.54. The van der Waals surface area contributed by atoms with Crippen molar-refractivity contribution in [3.8, 4) is 17.2 Å². The first-order valence-corrected chi connectivity index (χ1v) is 11.7. The predicted octanol–water partition coefficient (Wildman–Crippen LogP) is 4.51. The van der Waals surface area contributed by atoms with Gasteiger partial charge in [0, 0.05) is 40.0 Å². The molecule has 154 valence electrons. The number of aryl methyl sites for hydroxylation is 2. The fourth-order valence-electron chi connectivity index (χ4n) is 5.25. The molecule has 0 N–H and O–H groups in total. The average molecular weight is 420 g/mol. The number of rotatable bonds is 4. The van der Waals surface area contributed by atoms with Crippen molar-refractivity contribution >= 4 is 17.2 Å². The lowest BCUT2D eigenvalue weighted by Gasteiger charge is -2.27. The Labute approximate surface area is 180 Å². The molecule has 6 nitrogen and oxygen atoms in total. The number of carbonyl (C=O) groups is 1. The Morgan fingerprint density at radius 2 is 2.07 bits per heavy atom. The third-order valence-corrected chi connectivity index (χ3v) is 7.79. The summed E-state index contributed by atoms with van der Waals surface area (Å²) in [6.07, 6.45) is 9.32. The lowest BCUT2D eigenvalue weighted by molar-refractivity contribution is 0.0702. The van der Waals surface area contributed by atoms with E-state index in [9.17, 15) is 4.79 Å². The van der Waals surface area contributed by atoms with Crippen molar-refractivity contribution < 1.29 is 4.79 Å². The van der Waals surface area contributed by atoms with Crippen LogP contribution in [0.2, 0.25) is 0 Å². The van der Waals surface area contributed by atoms with E-state index in [2.05, 4.69) is 34.9 Å². The zero-order valence-corrected chi connectivity index (χ0v) is 18.2. The molecule has 3 fully saturated rings. The number of carbonyl (C=O) groups excluding carboxylic acids is 1. The van der Waals surface area contributed by atoms with Crippen LogP contribution in [-0.4, -0.2) is 43.1 Å². The normalized spacial score (nSPS) is 22.8. The zero-order valence-electron chi connectivity index (χ0n) is 17.3. The van der Waals surface area contributed by atoms with Crippen LogP contribution in [0.15, 0.2) is 24.5 Å². The highest BCUT2D eigenvalue weighted by atomic mass is 32.1. The van der Waals surface area contributed by atoms with Crippen LogP contribution in [0.4, 0.5) is 0 Å². The number of piperidine rings is 1. The molecule has 2 bridgehead atoms. The molecule has 7 heteroatoms. The Bertz CT molecular complexity index is 1140. The predicted molar refractivity (Wildman–Crippen MR) is 116 cm³/mol. The molecular formula is C23H25N5OS. The van der Waals surface area contributed by atoms with Crippen LogP contribution in [0.3, 0.4) is 0 Å². The van der Waals surface area contributed by atoms with Gasteiger partial charge in [0.1, 0.15) is 0 Å². The van der Waals surface area contributed by atoms with Gasteiger partial charge in [0.2, 0.25) is 0 Å². The quantitative estimate of drug-likeness (QED) is 0.624. The van der Waals surface area contributed by atoms with Gasteiger partial charge >= 0.3 is 0 Å². The maximum absolute atomic E-state index is 13.4. The van der Waals surface area contributed by atoms with Crippen LogP contribution in [0.1, 0.15) is 63.8 Å². The fraction of sp³-hybridized carbons (Fsp3) is 0.478. The Morgan fingerprint density at radius 1 is 1.20 bits per heavy atom. The minimum atomic E-state index is 0.149. The molecule has 0 unspecified atom stereocenters. The van der Waals surface area contributed by atoms with E-state index in [-0.39, 0.29) is 5.91 Å². The molecule has 0 spiro atoms. The number of hydrogen-bond donors (Lipinski definition) is 0. The lowest BCUT2D eigenvalue weighted by atomic mass is 10.1. The minimum Gasteiger partial charge on any atom is -0.335 e. The molecule has 2 aliphatic carbocycles. The summed E-state index contributed by atoms with van der Waals surface area (Å²) >= 11 is 1.78. The molecule has 3 aromatic rings. The second-order valence-corrected chi connectivity index (χ2v) is 10.4. The Balaban J connectivity index is 1.39. The van der Waals surface area contributed by atoms with Crippen molar-refractivity contribution in [2.24, 2.45) is 5.92 Å². The van der Waals surface area contributed by atoms with E-state index in [0.29, 0.717) is 23.8 Å². The molecule has 2 atom stereocenters. The van der Waals surface area contributed by atoms with Crippen LogP contribution in [0.25, 0.3) is 17.2 Å². The number of fused-ring (bicyclic) bond motifs is 2. The molecule has 3 aromatic heterocycles. The van der Waals surface area contributed by atoms with E-state index in [1.54, 1.807) is 23.7 Å². The van der Waals surface area contributed by atoms with Crippen LogP contribution in [0, 0.1) is 19.8 Å². The lowest BCUT2D eigenvalue weighted by Crippen LogP contribution is -2.38. The van der Waals surface area contributed by atoms with Crippen LogP contribution in [0.5, 0.6) is 0 Å². The molecule has 3 aliphatic rings. The molecule has 0 radical (unpaired) electrons. The highest BCUT2D eigenvalue weighted by Crippen LogP contribution is 2.44. The Morgan fingerprint density at radius 3 is 2.73 bits per heavy atom. The summed E-state index contributed by atoms with van der Waals surface area (Å²) in [4.78, 5) is 27.4. The summed E-state index contributed by atoms with van der Waals surface area (Å²) in [6.45, 7) is 5.14. The van der Waals surface area contributed by atoms with Gasteiger partial charge in [-0.2, -0.15) is 5.10 Å². The highest BCUT2D eigenvalue weighted by Gasteiger charge is 2.43. The maximum atomic E-state index is 13.4. The number of amides is 1. The number of nitrogens with zero attached hydrogens (tertiary/aromatic N) is 5. The molecule has 0 aromatic carbocycles. The van der Waals surface area contributed by atoms with Crippen LogP contribution < -0.4 is 0 Å². The first-order valence-electron chi connectivity index (χ1n) is 10.9. The van der Waals surface area contributed by atoms with E-state index < -0.39 is 0 Å². The zero-order chi connectivity index (χ0) is 20.4. The molecule has 2 saturated carbocycles. The van der Waals surface area contributed by atoms with E-state index >= 15 is 0 Å². The van der Waals surface area contributed by atoms with Gasteiger partial charge in [-0.25, -0.2) is 14.6 Å². The summed E-state index contributed by atoms with van der Waals surface area (Å²) in [5.74, 6) is 1.77. The summed E-state index contributed by atoms with van der Waals surface area (Å²) in [6, 6.07) is 4.54. The SMILES string of the molecule is Cc1cc(-c2ccnc(-n3ncc(C(=O)N4C[C@H]5CC[C@H]4C5)c3C3CC3)n2)c(C)s1. The average Bonchev–Trinajstić information content (AvgIpc) is 3.11. The number of hydrogen-bond acceptors (Lipinski definition) is 5. The third kappa shape index (κ3) is 2.90. The topological polar surface area (TPSA) is 63.9 Å². The molecule has 4 heterocycles. The van der Waals surface area contributed by atoms with Gasteiger partial charge in [-0.05, 0) is 64.0 Å². The van der Waals surface area contributed by atoms with Crippen molar-refractivity contribution in [3.63, 3.8) is 0 Å². The van der Waals surface area contributed by atoms with Crippen molar-refractivity contribution in [2.75, 3.05) is 6.54 Å². The first kappa shape index (κ1) is 18.2. The minimum absolute atomic E-state index is 0.149. The second kappa shape index (κ2) is 6.74. The summed E-state index contributed by atoms with van der Waals surface area (Å²) in [5, 5.41) is 4.61. The monoisotopic (exact) mass is 419 g/mol. The van der Waals surface area contributed by atoms with Gasteiger partial charge in [-0.1, -0.05) is 0 Å². The first-order chi connectivity index (χ1) is 14.6. The van der Waals surface area contributed by atoms with E-state index in [0.717, 1.165) is 48.3 Å². The van der Waals surface area contributed by atoms with Crippen LogP contribution >= 0.6 is 11.3 Å². The standard InChI is InChI=1S/C23H25N5OS/c1-13-9-18(14(2)30-13)20-7-8-24-23(26-20)28-21(16-4-5-16)19(11-25-28)22(29)27-12-15-3-6-17(27)10-15/h7-9,11,15-17H,3-6,10,12H2,1-2H3/t15-,17-/m0/s1. The maximum Gasteiger partial charge on any atom is 0.257 e. The van der Waals surface area contributed by atoms with E-state index in [4.69, 9.17) is 4.98 Å². The number of thiophene rings is 1. The molecule has 1 aliphatic heterocycles. The largest absolute Gasteiger partial charge is 0.335 e. The molecule has 1 amide bonds. The van der Waals surface area contributed by atoms with Crippen molar-refractivity contribution in [3.05, 3.63) is 45.5 Å². The summed E-state index contributed by atoms with van der Waals surface area (Å²) < 4.78 is 1.82. The second-order valence-electron chi connectivity index (χ2n) is 8.99. The third-order valence-electron chi connectivity index (χ3n) is 6.82. The van der Waals surface area contributed by atoms with Crippen molar-refractivity contribution in [1.29, 1.82) is 0 Å². The summed E-state index contributed by atoms with van der Waals surface area (Å²) in [7, 11) is 0. The van der Waals surface area contributed by atoms with Gasteiger partial charge < -0.3 is 4.90 Å².